The van der Waals surface area contributed by atoms with Crippen molar-refractivity contribution >= 4 is 40.2 Å². The Morgan fingerprint density at radius 1 is 1.10 bits per heavy atom. The number of ether oxygens (including phenoxy) is 4. The minimum Gasteiger partial charge on any atom is -0.497 e. The van der Waals surface area contributed by atoms with E-state index in [9.17, 15) is 4.79 Å². The number of nitrogens with one attached hydrogen (secondary N) is 1. The van der Waals surface area contributed by atoms with Crippen LogP contribution in [-0.4, -0.2) is 61.1 Å². The number of anilines is 2. The van der Waals surface area contributed by atoms with Gasteiger partial charge in [0.05, 0.1) is 45.3 Å². The third-order valence-corrected chi connectivity index (χ3v) is 7.55. The highest BCUT2D eigenvalue weighted by Crippen LogP contribution is 2.31. The first kappa shape index (κ1) is 29.4. The molecule has 12 heteroatoms. The van der Waals surface area contributed by atoms with E-state index in [-0.39, 0.29) is 23.3 Å². The molecule has 42 heavy (non-hydrogen) atoms. The smallest absolute Gasteiger partial charge is 0.328 e. The topological polar surface area (TPSA) is 126 Å². The normalized spacial score (nSPS) is 16.2. The third-order valence-electron chi connectivity index (χ3n) is 7.36. The summed E-state index contributed by atoms with van der Waals surface area (Å²) < 4.78 is 23.6. The molecule has 0 radical (unpaired) electrons. The lowest BCUT2D eigenvalue weighted by Gasteiger charge is -2.36. The average molecular weight is 595 g/mol. The lowest BCUT2D eigenvalue weighted by Crippen LogP contribution is -2.52. The molecule has 0 aliphatic heterocycles. The first-order chi connectivity index (χ1) is 20.3. The van der Waals surface area contributed by atoms with E-state index in [1.54, 1.807) is 27.4 Å². The molecule has 0 spiro atoms. The van der Waals surface area contributed by atoms with Gasteiger partial charge in [-0.15, -0.1) is 0 Å². The van der Waals surface area contributed by atoms with Gasteiger partial charge < -0.3 is 34.9 Å². The molecule has 11 nitrogen and oxygen atoms in total. The van der Waals surface area contributed by atoms with Gasteiger partial charge in [-0.2, -0.15) is 0 Å². The van der Waals surface area contributed by atoms with E-state index in [2.05, 4.69) is 15.3 Å². The summed E-state index contributed by atoms with van der Waals surface area (Å²) in [5.41, 5.74) is 11.2. The first-order valence-electron chi connectivity index (χ1n) is 13.5. The zero-order valence-corrected chi connectivity index (χ0v) is 24.9. The van der Waals surface area contributed by atoms with Crippen LogP contribution in [0.15, 0.2) is 48.8 Å². The number of methoxy groups -OCH3 is 3. The number of fused-ring (bicyclic) bond motifs is 1. The molecule has 4 aromatic rings. The number of hydrogen-bond donors (Lipinski definition) is 2. The van der Waals surface area contributed by atoms with Crippen LogP contribution in [0.2, 0.25) is 5.15 Å². The molecule has 1 saturated carbocycles. The predicted molar refractivity (Wildman–Crippen MR) is 161 cm³/mol. The fraction of sp³-hybridized carbons (Fsp3) is 0.367. The quantitative estimate of drug-likeness (QED) is 0.186. The van der Waals surface area contributed by atoms with Gasteiger partial charge in [0.1, 0.15) is 28.5 Å². The van der Waals surface area contributed by atoms with Crippen molar-refractivity contribution in [2.24, 2.45) is 0 Å². The number of pyridine rings is 1. The second kappa shape index (κ2) is 12.8. The summed E-state index contributed by atoms with van der Waals surface area (Å²) >= 11 is 6.42. The van der Waals surface area contributed by atoms with Crippen LogP contribution in [-0.2, 0) is 29.2 Å². The number of hydrogen-bond acceptors (Lipinski definition) is 9. The fourth-order valence-electron chi connectivity index (χ4n) is 5.10. The molecule has 2 aromatic carbocycles. The summed E-state index contributed by atoms with van der Waals surface area (Å²) in [6.07, 6.45) is 3.00. The Labute approximate surface area is 249 Å². The standard InChI is InChI=1S/C30H35ClN6O5/c1-36(14-20-5-6-22(40-3)12-26(20)41-4)24-13-27(31)35-29-28(24)33-17-37(29)30(38)34-23-7-8-25(23)42-16-19-9-18(15-39-2)10-21(32)11-19/h5-6,9-13,17,23,25H,7-8,14-16,32H2,1-4H3,(H,34,38)/t23-,25-/m1/s1. The molecule has 0 bridgehead atoms. The highest BCUT2D eigenvalue weighted by atomic mass is 35.5. The number of amides is 1. The number of benzene rings is 2. The third kappa shape index (κ3) is 6.38. The summed E-state index contributed by atoms with van der Waals surface area (Å²) in [5, 5.41) is 3.31. The Balaban J connectivity index is 1.28. The highest BCUT2D eigenvalue weighted by Gasteiger charge is 2.34. The second-order valence-electron chi connectivity index (χ2n) is 10.3. The maximum Gasteiger partial charge on any atom is 0.328 e. The summed E-state index contributed by atoms with van der Waals surface area (Å²) in [6, 6.07) is 12.7. The number of rotatable bonds is 11. The van der Waals surface area contributed by atoms with Gasteiger partial charge in [0, 0.05) is 44.1 Å². The maximum atomic E-state index is 13.3. The van der Waals surface area contributed by atoms with Crippen molar-refractivity contribution in [2.75, 3.05) is 39.0 Å². The maximum absolute atomic E-state index is 13.3. The van der Waals surface area contributed by atoms with Gasteiger partial charge in [0.25, 0.3) is 0 Å². The molecule has 1 amide bonds. The summed E-state index contributed by atoms with van der Waals surface area (Å²) in [5.74, 6) is 1.41. The molecule has 2 aromatic heterocycles. The van der Waals surface area contributed by atoms with Crippen molar-refractivity contribution in [1.82, 2.24) is 19.9 Å². The van der Waals surface area contributed by atoms with Gasteiger partial charge in [-0.3, -0.25) is 0 Å². The molecule has 5 rings (SSSR count). The fourth-order valence-corrected chi connectivity index (χ4v) is 5.28. The van der Waals surface area contributed by atoms with Crippen molar-refractivity contribution in [1.29, 1.82) is 0 Å². The first-order valence-corrected chi connectivity index (χ1v) is 13.9. The van der Waals surface area contributed by atoms with Crippen molar-refractivity contribution in [3.8, 4) is 11.5 Å². The number of halogens is 1. The Kier molecular flexibility index (Phi) is 9.00. The molecule has 1 aliphatic rings. The molecule has 1 aliphatic carbocycles. The van der Waals surface area contributed by atoms with Gasteiger partial charge in [-0.1, -0.05) is 17.7 Å². The van der Waals surface area contributed by atoms with E-state index < -0.39 is 0 Å². The number of aromatic nitrogens is 3. The van der Waals surface area contributed by atoms with E-state index in [0.29, 0.717) is 48.1 Å². The van der Waals surface area contributed by atoms with E-state index >= 15 is 0 Å². The zero-order chi connectivity index (χ0) is 29.8. The van der Waals surface area contributed by atoms with E-state index in [1.165, 1.54) is 10.9 Å². The molecule has 1 fully saturated rings. The number of carbonyl (C=O) groups excluding carboxylic acids is 1. The van der Waals surface area contributed by atoms with Crippen LogP contribution in [0.4, 0.5) is 16.2 Å². The van der Waals surface area contributed by atoms with Crippen LogP contribution in [0.25, 0.3) is 11.2 Å². The van der Waals surface area contributed by atoms with Gasteiger partial charge in [-0.05, 0) is 48.2 Å². The number of carbonyl (C=O) groups is 1. The SMILES string of the molecule is COCc1cc(N)cc(CO[C@@H]2CC[C@H]2NC(=O)n2cnc3c(N(C)Cc4ccc(OC)cc4OC)cc(Cl)nc32)c1. The zero-order valence-electron chi connectivity index (χ0n) is 24.1. The minimum absolute atomic E-state index is 0.117. The molecule has 2 atom stereocenters. The van der Waals surface area contributed by atoms with Gasteiger partial charge >= 0.3 is 6.03 Å². The molecular weight excluding hydrogens is 560 g/mol. The summed E-state index contributed by atoms with van der Waals surface area (Å²) in [6.45, 7) is 1.37. The van der Waals surface area contributed by atoms with Gasteiger partial charge in [-0.25, -0.2) is 19.3 Å². The Bertz CT molecular complexity index is 1580. The lowest BCUT2D eigenvalue weighted by molar-refractivity contribution is -0.0323. The molecular formula is C30H35ClN6O5. The van der Waals surface area contributed by atoms with Gasteiger partial charge in [0.2, 0.25) is 0 Å². The van der Waals surface area contributed by atoms with Crippen molar-refractivity contribution in [3.05, 3.63) is 70.6 Å². The van der Waals surface area contributed by atoms with E-state index in [0.717, 1.165) is 35.2 Å². The predicted octanol–water partition coefficient (Wildman–Crippen LogP) is 4.77. The number of nitrogens with zero attached hydrogens (tertiary/aromatic N) is 4. The van der Waals surface area contributed by atoms with Gasteiger partial charge in [0.15, 0.2) is 5.65 Å². The highest BCUT2D eigenvalue weighted by molar-refractivity contribution is 6.30. The molecule has 2 heterocycles. The van der Waals surface area contributed by atoms with E-state index in [4.69, 9.17) is 36.3 Å². The largest absolute Gasteiger partial charge is 0.497 e. The van der Waals surface area contributed by atoms with Crippen molar-refractivity contribution in [3.63, 3.8) is 0 Å². The lowest BCUT2D eigenvalue weighted by atomic mass is 9.89. The van der Waals surface area contributed by atoms with Crippen LogP contribution >= 0.6 is 11.6 Å². The Morgan fingerprint density at radius 2 is 1.88 bits per heavy atom. The van der Waals surface area contributed by atoms with Crippen LogP contribution < -0.4 is 25.4 Å². The monoisotopic (exact) mass is 594 g/mol. The molecule has 3 N–H and O–H groups in total. The number of imidazole rings is 1. The summed E-state index contributed by atoms with van der Waals surface area (Å²) in [7, 11) is 6.80. The minimum atomic E-state index is -0.345. The molecule has 0 unspecified atom stereocenters. The van der Waals surface area contributed by atoms with Crippen LogP contribution in [0, 0.1) is 0 Å². The van der Waals surface area contributed by atoms with Crippen LogP contribution in [0.1, 0.15) is 29.5 Å². The second-order valence-corrected chi connectivity index (χ2v) is 10.7. The average Bonchev–Trinajstić information content (AvgIpc) is 3.38. The van der Waals surface area contributed by atoms with Crippen molar-refractivity contribution in [2.45, 2.75) is 44.7 Å². The molecule has 222 valence electrons. The molecule has 0 saturated heterocycles. The van der Waals surface area contributed by atoms with E-state index in [1.807, 2.05) is 48.3 Å². The van der Waals surface area contributed by atoms with Crippen LogP contribution in [0.3, 0.4) is 0 Å². The summed E-state index contributed by atoms with van der Waals surface area (Å²) in [4.78, 5) is 24.3. The number of nitrogen functional groups attached to an aromatic ring is 1. The van der Waals surface area contributed by atoms with Crippen molar-refractivity contribution < 1.29 is 23.7 Å². The number of nitrogens with two attached hydrogens (primary N) is 1. The van der Waals surface area contributed by atoms with Crippen LogP contribution in [0.5, 0.6) is 11.5 Å². The Morgan fingerprint density at radius 3 is 2.57 bits per heavy atom. The Hall–Kier alpha value is -4.06.